The van der Waals surface area contributed by atoms with E-state index in [0.29, 0.717) is 10.1 Å². The van der Waals surface area contributed by atoms with Crippen LogP contribution in [0.2, 0.25) is 0 Å². The summed E-state index contributed by atoms with van der Waals surface area (Å²) in [6, 6.07) is 4.08. The molecule has 9 heteroatoms. The summed E-state index contributed by atoms with van der Waals surface area (Å²) in [5, 5.41) is 24.7. The van der Waals surface area contributed by atoms with Gasteiger partial charge in [-0.05, 0) is 6.07 Å². The third-order valence-corrected chi connectivity index (χ3v) is 2.64. The van der Waals surface area contributed by atoms with E-state index < -0.39 is 4.92 Å². The predicted octanol–water partition coefficient (Wildman–Crippen LogP) is -1.41. The minimum absolute atomic E-state index is 0.133. The lowest BCUT2D eigenvalue weighted by Gasteiger charge is -2.22. The molecule has 0 spiro atoms. The van der Waals surface area contributed by atoms with E-state index in [4.69, 9.17) is 0 Å². The van der Waals surface area contributed by atoms with E-state index in [0.717, 1.165) is 0 Å². The monoisotopic (exact) mass is 260 g/mol. The molecule has 3 rings (SSSR count). The molecule has 1 aliphatic heterocycles. The fourth-order valence-corrected chi connectivity index (χ4v) is 1.74. The zero-order valence-corrected chi connectivity index (χ0v) is 9.50. The third-order valence-electron chi connectivity index (χ3n) is 2.64. The van der Waals surface area contributed by atoms with E-state index >= 15 is 0 Å². The van der Waals surface area contributed by atoms with Gasteiger partial charge in [-0.1, -0.05) is 10.4 Å². The second-order valence-electron chi connectivity index (χ2n) is 3.81. The molecule has 0 amide bonds. The predicted molar refractivity (Wildman–Crippen MR) is 65.0 cm³/mol. The number of hydrogen-bond donors (Lipinski definition) is 1. The Morgan fingerprint density at radius 2 is 2.26 bits per heavy atom. The van der Waals surface area contributed by atoms with Crippen LogP contribution in [0.3, 0.4) is 0 Å². The van der Waals surface area contributed by atoms with Crippen LogP contribution in [0.1, 0.15) is 0 Å². The number of rotatable bonds is 2. The molecule has 1 aromatic carbocycles. The molecule has 0 radical (unpaired) electrons. The highest BCUT2D eigenvalue weighted by Crippen LogP contribution is 2.03. The Labute approximate surface area is 106 Å². The molecule has 0 atom stereocenters. The van der Waals surface area contributed by atoms with Gasteiger partial charge in [-0.15, -0.1) is 5.12 Å². The number of nitro groups is 1. The van der Waals surface area contributed by atoms with Gasteiger partial charge in [0.25, 0.3) is 11.0 Å². The summed E-state index contributed by atoms with van der Waals surface area (Å²) in [7, 11) is 0. The number of aromatic nitrogens is 2. The molecule has 0 aliphatic carbocycles. The Kier molecular flexibility index (Phi) is 2.31. The molecular formula is C10H8N6O3. The van der Waals surface area contributed by atoms with Crippen LogP contribution in [0.5, 0.6) is 0 Å². The van der Waals surface area contributed by atoms with E-state index in [9.17, 15) is 15.3 Å². The minimum Gasteiger partial charge on any atom is -0.594 e. The summed E-state index contributed by atoms with van der Waals surface area (Å²) in [5.74, 6) is 0. The van der Waals surface area contributed by atoms with E-state index in [1.807, 2.05) is 0 Å². The second-order valence-corrected chi connectivity index (χ2v) is 3.81. The third kappa shape index (κ3) is 1.82. The van der Waals surface area contributed by atoms with E-state index in [2.05, 4.69) is 10.5 Å². The van der Waals surface area contributed by atoms with Crippen molar-refractivity contribution < 1.29 is 4.92 Å². The molecule has 1 aliphatic rings. The Morgan fingerprint density at radius 3 is 2.95 bits per heavy atom. The Morgan fingerprint density at radius 1 is 1.42 bits per heavy atom. The molecule has 19 heavy (non-hydrogen) atoms. The van der Waals surface area contributed by atoms with Gasteiger partial charge in [0.15, 0.2) is 0 Å². The van der Waals surface area contributed by atoms with Crippen molar-refractivity contribution >= 4 is 11.9 Å². The number of benzene rings is 1. The maximum Gasteiger partial charge on any atom is 0.276 e. The first-order valence-corrected chi connectivity index (χ1v) is 5.29. The van der Waals surface area contributed by atoms with Gasteiger partial charge in [0.05, 0.1) is 22.4 Å². The van der Waals surface area contributed by atoms with Crippen LogP contribution in [0.25, 0.3) is 6.20 Å². The number of non-ortho nitro benzene ring substituents is 1. The quantitative estimate of drug-likeness (QED) is 0.308. The summed E-state index contributed by atoms with van der Waals surface area (Å²) in [4.78, 5) is 14.5. The average molecular weight is 260 g/mol. The molecule has 0 bridgehead atoms. The fraction of sp³-hybridized carbons (Fsp3) is 0. The summed E-state index contributed by atoms with van der Waals surface area (Å²) in [5.41, 5.74) is 2.36. The summed E-state index contributed by atoms with van der Waals surface area (Å²) in [6.45, 7) is 0. The van der Waals surface area contributed by atoms with Crippen molar-refractivity contribution in [1.29, 1.82) is 0 Å². The van der Waals surface area contributed by atoms with Crippen molar-refractivity contribution in [1.82, 2.24) is 20.0 Å². The van der Waals surface area contributed by atoms with E-state index in [-0.39, 0.29) is 11.0 Å². The van der Waals surface area contributed by atoms with Crippen molar-refractivity contribution in [2.24, 2.45) is 0 Å². The number of fused-ring (bicyclic) bond motifs is 1. The first-order valence-electron chi connectivity index (χ1n) is 5.29. The van der Waals surface area contributed by atoms with Gasteiger partial charge in [0.1, 0.15) is 6.33 Å². The maximum absolute atomic E-state index is 11.9. The van der Waals surface area contributed by atoms with Crippen molar-refractivity contribution in [3.05, 3.63) is 62.8 Å². The Hall–Kier alpha value is -3.10. The Bertz CT molecular complexity index is 754. The SMILES string of the molecule is O=[N+]([O-])c1ccc2c(c1)=[N+]([O-])NN(n1ccnc1)C=2. The van der Waals surface area contributed by atoms with Crippen LogP contribution in [-0.4, -0.2) is 14.6 Å². The van der Waals surface area contributed by atoms with Gasteiger partial charge in [-0.3, -0.25) is 10.1 Å². The number of nitrogens with one attached hydrogen (secondary N) is 1. The molecule has 0 fully saturated rings. The smallest absolute Gasteiger partial charge is 0.276 e. The normalized spacial score (nSPS) is 13.5. The van der Waals surface area contributed by atoms with Gasteiger partial charge in [-0.25, -0.2) is 9.66 Å². The summed E-state index contributed by atoms with van der Waals surface area (Å²) in [6.07, 6.45) is 6.35. The topological polar surface area (TPSA) is 102 Å². The largest absolute Gasteiger partial charge is 0.594 e. The van der Waals surface area contributed by atoms with Crippen LogP contribution in [0.4, 0.5) is 5.69 Å². The van der Waals surface area contributed by atoms with E-state index in [1.54, 1.807) is 23.3 Å². The molecule has 0 saturated carbocycles. The lowest BCUT2D eigenvalue weighted by molar-refractivity contribution is -0.385. The van der Waals surface area contributed by atoms with Gasteiger partial charge >= 0.3 is 0 Å². The number of hydrazine groups is 2. The maximum atomic E-state index is 11.9. The molecule has 0 unspecified atom stereocenters. The Balaban J connectivity index is 2.14. The highest BCUT2D eigenvalue weighted by molar-refractivity contribution is 5.38. The van der Waals surface area contributed by atoms with Gasteiger partial charge in [-0.2, -0.15) is 0 Å². The number of nitrogens with zero attached hydrogens (tertiary/aromatic N) is 5. The van der Waals surface area contributed by atoms with Crippen LogP contribution < -0.4 is 26.1 Å². The second kappa shape index (κ2) is 3.98. The zero-order valence-electron chi connectivity index (χ0n) is 9.50. The fourth-order valence-electron chi connectivity index (χ4n) is 1.74. The highest BCUT2D eigenvalue weighted by Gasteiger charge is 2.16. The van der Waals surface area contributed by atoms with Crippen molar-refractivity contribution in [3.63, 3.8) is 0 Å². The summed E-state index contributed by atoms with van der Waals surface area (Å²) >= 11 is 0. The van der Waals surface area contributed by atoms with Crippen LogP contribution in [0.15, 0.2) is 36.9 Å². The minimum atomic E-state index is -0.545. The summed E-state index contributed by atoms with van der Waals surface area (Å²) < 4.78 is 1.55. The molecule has 0 saturated heterocycles. The molecule has 96 valence electrons. The highest BCUT2D eigenvalue weighted by atomic mass is 16.6. The molecule has 9 nitrogen and oxygen atoms in total. The lowest BCUT2D eigenvalue weighted by Crippen LogP contribution is -2.59. The standard InChI is InChI=1S/C10H8N6O3/c17-15-10-5-9(16(18)19)2-1-8(10)6-14(12-15)13-4-3-11-7-13/h1-7,12H. The first kappa shape index (κ1) is 11.0. The average Bonchev–Trinajstić information content (AvgIpc) is 2.92. The molecular weight excluding hydrogens is 252 g/mol. The zero-order chi connectivity index (χ0) is 13.4. The van der Waals surface area contributed by atoms with Crippen LogP contribution >= 0.6 is 0 Å². The van der Waals surface area contributed by atoms with Crippen molar-refractivity contribution in [2.45, 2.75) is 0 Å². The number of nitro benzene ring substituents is 1. The van der Waals surface area contributed by atoms with E-state index in [1.165, 1.54) is 29.6 Å². The van der Waals surface area contributed by atoms with Crippen LogP contribution in [-0.2, 0) is 0 Å². The van der Waals surface area contributed by atoms with Crippen molar-refractivity contribution in [2.75, 3.05) is 5.12 Å². The number of imidazole rings is 1. The molecule has 1 N–H and O–H groups in total. The molecule has 1 aromatic heterocycles. The first-order chi connectivity index (χ1) is 9.15. The van der Waals surface area contributed by atoms with Crippen LogP contribution in [0, 0.1) is 15.3 Å². The molecule has 2 heterocycles. The van der Waals surface area contributed by atoms with Crippen molar-refractivity contribution in [3.8, 4) is 0 Å². The van der Waals surface area contributed by atoms with Gasteiger partial charge in [0.2, 0.25) is 0 Å². The van der Waals surface area contributed by atoms with Gasteiger partial charge < -0.3 is 5.21 Å². The molecule has 2 aromatic rings. The number of hydrogen-bond acceptors (Lipinski definition) is 6. The van der Waals surface area contributed by atoms with Gasteiger partial charge in [0, 0.05) is 18.5 Å². The lowest BCUT2D eigenvalue weighted by atomic mass is 10.2.